The quantitative estimate of drug-likeness (QED) is 0.188. The Bertz CT molecular complexity index is 3110. The first-order chi connectivity index (χ1) is 24.8. The Labute approximate surface area is 291 Å². The molecule has 0 aliphatic heterocycles. The highest BCUT2D eigenvalue weighted by atomic mass is 32.1. The molecule has 0 spiro atoms. The molecular formula is C46H28N2OS. The van der Waals surface area contributed by atoms with Crippen molar-refractivity contribution in [1.82, 2.24) is 4.57 Å². The molecule has 0 fully saturated rings. The van der Waals surface area contributed by atoms with Gasteiger partial charge in [0.25, 0.3) is 0 Å². The van der Waals surface area contributed by atoms with Gasteiger partial charge in [-0.3, -0.25) is 0 Å². The summed E-state index contributed by atoms with van der Waals surface area (Å²) in [5.74, 6) is 0. The number of fused-ring (bicyclic) bond motifs is 11. The van der Waals surface area contributed by atoms with Crippen molar-refractivity contribution in [3.05, 3.63) is 170 Å². The first-order valence-corrected chi connectivity index (χ1v) is 17.7. The Hall–Kier alpha value is -6.36. The Balaban J connectivity index is 1.20. The Morgan fingerprint density at radius 3 is 1.92 bits per heavy atom. The van der Waals surface area contributed by atoms with E-state index in [4.69, 9.17) is 4.42 Å². The molecule has 0 radical (unpaired) electrons. The van der Waals surface area contributed by atoms with E-state index in [0.29, 0.717) is 0 Å². The predicted octanol–water partition coefficient (Wildman–Crippen LogP) is 13.7. The van der Waals surface area contributed by atoms with Gasteiger partial charge in [-0.1, -0.05) is 84.9 Å². The lowest BCUT2D eigenvalue weighted by molar-refractivity contribution is 0.669. The number of hydrogen-bond donors (Lipinski definition) is 0. The maximum absolute atomic E-state index is 6.27. The molecule has 3 nitrogen and oxygen atoms in total. The van der Waals surface area contributed by atoms with Crippen molar-refractivity contribution >= 4 is 103 Å². The minimum absolute atomic E-state index is 0.890. The van der Waals surface area contributed by atoms with Crippen molar-refractivity contribution in [2.24, 2.45) is 0 Å². The maximum atomic E-state index is 6.27. The van der Waals surface area contributed by atoms with E-state index in [1.807, 2.05) is 23.5 Å². The molecule has 8 aromatic carbocycles. The lowest BCUT2D eigenvalue weighted by Gasteiger charge is -2.26. The van der Waals surface area contributed by atoms with Gasteiger partial charge < -0.3 is 13.9 Å². The normalized spacial score (nSPS) is 12.0. The summed E-state index contributed by atoms with van der Waals surface area (Å²) in [6, 6.07) is 61.4. The summed E-state index contributed by atoms with van der Waals surface area (Å²) in [7, 11) is 0. The van der Waals surface area contributed by atoms with Crippen LogP contribution < -0.4 is 4.90 Å². The minimum Gasteiger partial charge on any atom is -0.456 e. The summed E-state index contributed by atoms with van der Waals surface area (Å²) in [6.45, 7) is 0. The summed E-state index contributed by atoms with van der Waals surface area (Å²) in [5, 5.41) is 9.81. The molecule has 0 aliphatic rings. The summed E-state index contributed by atoms with van der Waals surface area (Å²) < 4.78 is 11.3. The molecule has 0 bridgehead atoms. The Morgan fingerprint density at radius 2 is 1.04 bits per heavy atom. The van der Waals surface area contributed by atoms with E-state index in [0.717, 1.165) is 44.7 Å². The fourth-order valence-corrected chi connectivity index (χ4v) is 9.05. The molecule has 0 saturated heterocycles. The molecule has 11 aromatic rings. The van der Waals surface area contributed by atoms with Crippen molar-refractivity contribution in [3.63, 3.8) is 0 Å². The third kappa shape index (κ3) is 4.03. The number of benzene rings is 8. The fourth-order valence-electron chi connectivity index (χ4n) is 7.93. The number of aromatic nitrogens is 1. The van der Waals surface area contributed by atoms with E-state index in [2.05, 4.69) is 167 Å². The average molecular weight is 657 g/mol. The van der Waals surface area contributed by atoms with Crippen LogP contribution in [0.1, 0.15) is 0 Å². The Kier molecular flexibility index (Phi) is 5.83. The van der Waals surface area contributed by atoms with Crippen LogP contribution >= 0.6 is 11.3 Å². The molecule has 0 N–H and O–H groups in total. The summed E-state index contributed by atoms with van der Waals surface area (Å²) in [6.07, 6.45) is 0. The van der Waals surface area contributed by atoms with E-state index in [-0.39, 0.29) is 0 Å². The molecule has 3 heterocycles. The van der Waals surface area contributed by atoms with Gasteiger partial charge >= 0.3 is 0 Å². The highest BCUT2D eigenvalue weighted by molar-refractivity contribution is 7.26. The fraction of sp³-hybridized carbons (Fsp3) is 0. The smallest absolute Gasteiger partial charge is 0.135 e. The SMILES string of the molecule is c1ccc(-n2c3ccccc3c3cc(N(c4ccc5oc6ccccc6c5c4)c4ccc5ccc6sc7ccccc7c6c5c4)ccc32)cc1. The van der Waals surface area contributed by atoms with Crippen molar-refractivity contribution < 1.29 is 4.42 Å². The van der Waals surface area contributed by atoms with Crippen LogP contribution in [0.15, 0.2) is 174 Å². The third-order valence-electron chi connectivity index (χ3n) is 10.1. The molecule has 11 rings (SSSR count). The number of hydrogen-bond acceptors (Lipinski definition) is 3. The first kappa shape index (κ1) is 27.6. The molecule has 50 heavy (non-hydrogen) atoms. The van der Waals surface area contributed by atoms with Gasteiger partial charge in [0.1, 0.15) is 11.2 Å². The number of furan rings is 1. The van der Waals surface area contributed by atoms with Gasteiger partial charge in [0.2, 0.25) is 0 Å². The first-order valence-electron chi connectivity index (χ1n) is 16.9. The van der Waals surface area contributed by atoms with Crippen LogP contribution in [0, 0.1) is 0 Å². The van der Waals surface area contributed by atoms with Crippen LogP contribution in [0.2, 0.25) is 0 Å². The number of nitrogens with zero attached hydrogens (tertiary/aromatic N) is 2. The molecule has 0 atom stereocenters. The molecule has 0 unspecified atom stereocenters. The number of para-hydroxylation sites is 3. The van der Waals surface area contributed by atoms with Crippen LogP contribution in [-0.2, 0) is 0 Å². The van der Waals surface area contributed by atoms with Gasteiger partial charge in [-0.2, -0.15) is 0 Å². The van der Waals surface area contributed by atoms with Crippen LogP contribution in [-0.4, -0.2) is 4.57 Å². The highest BCUT2D eigenvalue weighted by Crippen LogP contribution is 2.44. The molecule has 234 valence electrons. The van der Waals surface area contributed by atoms with Gasteiger partial charge in [-0.15, -0.1) is 11.3 Å². The van der Waals surface area contributed by atoms with E-state index in [1.165, 1.54) is 52.8 Å². The molecule has 0 amide bonds. The van der Waals surface area contributed by atoms with Crippen molar-refractivity contribution in [3.8, 4) is 5.69 Å². The lowest BCUT2D eigenvalue weighted by Crippen LogP contribution is -2.10. The highest BCUT2D eigenvalue weighted by Gasteiger charge is 2.20. The van der Waals surface area contributed by atoms with Crippen molar-refractivity contribution in [1.29, 1.82) is 0 Å². The number of thiophene rings is 1. The summed E-state index contributed by atoms with van der Waals surface area (Å²) in [5.41, 5.74) is 8.61. The average Bonchev–Trinajstić information content (AvgIpc) is 3.85. The topological polar surface area (TPSA) is 21.3 Å². The second-order valence-corrected chi connectivity index (χ2v) is 14.0. The zero-order valence-corrected chi connectivity index (χ0v) is 27.7. The Morgan fingerprint density at radius 1 is 0.420 bits per heavy atom. The molecule has 4 heteroatoms. The summed E-state index contributed by atoms with van der Waals surface area (Å²) in [4.78, 5) is 2.40. The second kappa shape index (κ2) is 10.6. The largest absolute Gasteiger partial charge is 0.456 e. The van der Waals surface area contributed by atoms with Crippen molar-refractivity contribution in [2.75, 3.05) is 4.90 Å². The molecule has 0 saturated carbocycles. The molecular weight excluding hydrogens is 629 g/mol. The number of anilines is 3. The van der Waals surface area contributed by atoms with Gasteiger partial charge in [-0.05, 0) is 95.7 Å². The predicted molar refractivity (Wildman–Crippen MR) is 213 cm³/mol. The van der Waals surface area contributed by atoms with E-state index in [1.54, 1.807) is 0 Å². The van der Waals surface area contributed by atoms with Crippen LogP contribution in [0.25, 0.3) is 80.4 Å². The van der Waals surface area contributed by atoms with Gasteiger partial charge in [-0.25, -0.2) is 0 Å². The standard InChI is InChI=1S/C46H28N2OS/c1-2-10-30(11-3-1)48-40-15-7-4-12-34(40)38-27-32(21-23-41(38)48)47(33-22-24-43-39(28-33)35-13-5-8-16-42(35)49-43)31-20-18-29-19-25-45-46(37(29)26-31)36-14-6-9-17-44(36)50-45/h1-28H. The zero-order valence-electron chi connectivity index (χ0n) is 26.9. The van der Waals surface area contributed by atoms with E-state index in [9.17, 15) is 0 Å². The van der Waals surface area contributed by atoms with Gasteiger partial charge in [0, 0.05) is 64.5 Å². The van der Waals surface area contributed by atoms with Gasteiger partial charge in [0.15, 0.2) is 0 Å². The van der Waals surface area contributed by atoms with Crippen LogP contribution in [0.5, 0.6) is 0 Å². The lowest BCUT2D eigenvalue weighted by atomic mass is 10.0. The van der Waals surface area contributed by atoms with Gasteiger partial charge in [0.05, 0.1) is 11.0 Å². The third-order valence-corrected chi connectivity index (χ3v) is 11.3. The minimum atomic E-state index is 0.890. The number of rotatable bonds is 4. The van der Waals surface area contributed by atoms with Crippen LogP contribution in [0.4, 0.5) is 17.1 Å². The van der Waals surface area contributed by atoms with Crippen molar-refractivity contribution in [2.45, 2.75) is 0 Å². The zero-order chi connectivity index (χ0) is 32.8. The maximum Gasteiger partial charge on any atom is 0.135 e. The molecule has 0 aliphatic carbocycles. The van der Waals surface area contributed by atoms with Crippen LogP contribution in [0.3, 0.4) is 0 Å². The summed E-state index contributed by atoms with van der Waals surface area (Å²) >= 11 is 1.86. The van der Waals surface area contributed by atoms with E-state index >= 15 is 0 Å². The second-order valence-electron chi connectivity index (χ2n) is 12.9. The van der Waals surface area contributed by atoms with E-state index < -0.39 is 0 Å². The molecule has 3 aromatic heterocycles. The monoisotopic (exact) mass is 656 g/mol.